The fraction of sp³-hybridized carbons (Fsp3) is 0.333. The molecule has 4 rings (SSSR count). The molecule has 1 amide bonds. The predicted octanol–water partition coefficient (Wildman–Crippen LogP) is 1.58. The molecule has 1 fully saturated rings. The van der Waals surface area contributed by atoms with Crippen LogP contribution in [-0.4, -0.2) is 54.9 Å². The third kappa shape index (κ3) is 3.96. The lowest BCUT2D eigenvalue weighted by Crippen LogP contribution is -2.42. The van der Waals surface area contributed by atoms with E-state index in [2.05, 4.69) is 0 Å². The van der Waals surface area contributed by atoms with Crippen LogP contribution >= 0.6 is 0 Å². The smallest absolute Gasteiger partial charge is 0.312 e. The molecule has 0 unspecified atom stereocenters. The van der Waals surface area contributed by atoms with E-state index in [1.165, 1.54) is 6.07 Å². The lowest BCUT2D eigenvalue weighted by molar-refractivity contribution is -0.00587. The highest BCUT2D eigenvalue weighted by atomic mass is 32.2. The van der Waals surface area contributed by atoms with Gasteiger partial charge in [-0.3, -0.25) is 4.79 Å². The second-order valence-electron chi connectivity index (χ2n) is 7.60. The number of hydrogen-bond acceptors (Lipinski definition) is 5. The number of nitrogens with zero attached hydrogens (tertiary/aromatic N) is 3. The zero-order valence-electron chi connectivity index (χ0n) is 16.8. The molecule has 9 heteroatoms. The molecule has 0 bridgehead atoms. The van der Waals surface area contributed by atoms with Crippen LogP contribution in [0.3, 0.4) is 0 Å². The van der Waals surface area contributed by atoms with Crippen molar-refractivity contribution in [2.45, 2.75) is 31.3 Å². The number of rotatable bonds is 5. The summed E-state index contributed by atoms with van der Waals surface area (Å²) in [6.07, 6.45) is 4.29. The van der Waals surface area contributed by atoms with E-state index in [-0.39, 0.29) is 11.0 Å². The van der Waals surface area contributed by atoms with Gasteiger partial charge < -0.3 is 14.0 Å². The zero-order chi connectivity index (χ0) is 21.5. The van der Waals surface area contributed by atoms with Crippen LogP contribution in [0.2, 0.25) is 0 Å². The van der Waals surface area contributed by atoms with Gasteiger partial charge in [0.1, 0.15) is 5.65 Å². The molecule has 1 atom stereocenters. The van der Waals surface area contributed by atoms with E-state index in [9.17, 15) is 13.2 Å². The summed E-state index contributed by atoms with van der Waals surface area (Å²) >= 11 is 0. The van der Waals surface area contributed by atoms with Crippen LogP contribution in [0.1, 0.15) is 16.8 Å². The van der Waals surface area contributed by atoms with Gasteiger partial charge in [-0.05, 0) is 49.2 Å². The van der Waals surface area contributed by atoms with Crippen molar-refractivity contribution >= 4 is 22.1 Å². The molecule has 0 aliphatic carbocycles. The van der Waals surface area contributed by atoms with Crippen molar-refractivity contribution in [2.24, 2.45) is 5.14 Å². The first-order valence-electron chi connectivity index (χ1n) is 9.62. The fourth-order valence-corrected chi connectivity index (χ4v) is 4.43. The summed E-state index contributed by atoms with van der Waals surface area (Å²) < 4.78 is 31.3. The molecule has 0 spiro atoms. The summed E-state index contributed by atoms with van der Waals surface area (Å²) in [6, 6.07) is 8.79. The van der Waals surface area contributed by atoms with Gasteiger partial charge in [0.05, 0.1) is 29.0 Å². The number of benzene rings is 1. The number of aryl methyl sites for hydroxylation is 2. The molecule has 0 saturated carbocycles. The first-order chi connectivity index (χ1) is 14.3. The van der Waals surface area contributed by atoms with Gasteiger partial charge in [-0.1, -0.05) is 6.07 Å². The molecular formula is C21H23N4O4S. The summed E-state index contributed by atoms with van der Waals surface area (Å²) in [6.45, 7) is 5.30. The number of morpholine rings is 1. The molecule has 157 valence electrons. The van der Waals surface area contributed by atoms with E-state index in [0.29, 0.717) is 26.1 Å². The number of primary sulfonamides is 1. The highest BCUT2D eigenvalue weighted by Crippen LogP contribution is 2.30. The van der Waals surface area contributed by atoms with Crippen molar-refractivity contribution in [3.63, 3.8) is 0 Å². The summed E-state index contributed by atoms with van der Waals surface area (Å²) in [5, 5.41) is 5.27. The standard InChI is InChI=1S/C21H23N4O4S/c1-14-5-6-25-19(11-16-12-24(13-26)7-8-29-16)21(23-20(25)9-14)18-4-3-17(10-15(18)2)30(22,27)28/h3-6,9-10,16H,7-8,11-12H2,1-2H3,(H2,22,27,28)/t16-/m0/s1. The molecule has 1 aliphatic rings. The van der Waals surface area contributed by atoms with E-state index in [1.807, 2.05) is 43.0 Å². The van der Waals surface area contributed by atoms with Crippen molar-refractivity contribution in [1.29, 1.82) is 0 Å². The Hall–Kier alpha value is -2.75. The molecule has 8 nitrogen and oxygen atoms in total. The Bertz CT molecular complexity index is 1220. The number of pyridine rings is 1. The second kappa shape index (κ2) is 7.82. The first-order valence-corrected chi connectivity index (χ1v) is 11.2. The summed E-state index contributed by atoms with van der Waals surface area (Å²) in [7, 11) is -3.78. The van der Waals surface area contributed by atoms with Crippen LogP contribution in [0.5, 0.6) is 0 Å². The SMILES string of the molecule is Cc1ccn2c(C[C@H]3CN([C]=O)CCO3)c(-c3ccc(S(N)(=O)=O)cc3C)nc2c1. The quantitative estimate of drug-likeness (QED) is 0.665. The van der Waals surface area contributed by atoms with Crippen molar-refractivity contribution in [3.05, 3.63) is 53.3 Å². The van der Waals surface area contributed by atoms with E-state index in [1.54, 1.807) is 17.0 Å². The number of imidazole rings is 1. The number of fused-ring (bicyclic) bond motifs is 1. The van der Waals surface area contributed by atoms with Crippen LogP contribution < -0.4 is 5.14 Å². The molecular weight excluding hydrogens is 404 g/mol. The maximum Gasteiger partial charge on any atom is 0.312 e. The Kier molecular flexibility index (Phi) is 5.35. The highest BCUT2D eigenvalue weighted by molar-refractivity contribution is 7.89. The van der Waals surface area contributed by atoms with Crippen molar-refractivity contribution in [3.8, 4) is 11.3 Å². The number of hydrogen-bond donors (Lipinski definition) is 1. The number of ether oxygens (including phenoxy) is 1. The van der Waals surface area contributed by atoms with Gasteiger partial charge in [-0.2, -0.15) is 0 Å². The minimum absolute atomic E-state index is 0.0673. The number of nitrogens with two attached hydrogens (primary N) is 1. The number of amides is 1. The van der Waals surface area contributed by atoms with Crippen molar-refractivity contribution in [1.82, 2.24) is 14.3 Å². The molecule has 2 N–H and O–H groups in total. The average molecular weight is 428 g/mol. The van der Waals surface area contributed by atoms with Crippen molar-refractivity contribution < 1.29 is 17.9 Å². The topological polar surface area (TPSA) is 107 Å². The minimum Gasteiger partial charge on any atom is -0.374 e. The third-order valence-electron chi connectivity index (χ3n) is 5.35. The molecule has 30 heavy (non-hydrogen) atoms. The lowest BCUT2D eigenvalue weighted by Gasteiger charge is -2.29. The van der Waals surface area contributed by atoms with Gasteiger partial charge in [0, 0.05) is 31.3 Å². The lowest BCUT2D eigenvalue weighted by atomic mass is 10.0. The van der Waals surface area contributed by atoms with Gasteiger partial charge in [0.15, 0.2) is 0 Å². The first kappa shape index (κ1) is 20.5. The Morgan fingerprint density at radius 1 is 1.27 bits per heavy atom. The van der Waals surface area contributed by atoms with Crippen LogP contribution in [0.15, 0.2) is 41.4 Å². The number of sulfonamides is 1. The number of carbonyl (C=O) groups excluding carboxylic acids is 1. The third-order valence-corrected chi connectivity index (χ3v) is 6.26. The van der Waals surface area contributed by atoms with Gasteiger partial charge in [0.25, 0.3) is 0 Å². The van der Waals surface area contributed by atoms with E-state index in [0.717, 1.165) is 33.7 Å². The second-order valence-corrected chi connectivity index (χ2v) is 9.16. The van der Waals surface area contributed by atoms with Crippen LogP contribution in [0.25, 0.3) is 16.9 Å². The minimum atomic E-state index is -3.78. The summed E-state index contributed by atoms with van der Waals surface area (Å²) in [5.74, 6) is 0. The molecule has 2 aromatic heterocycles. The van der Waals surface area contributed by atoms with Crippen LogP contribution in [-0.2, 0) is 26.0 Å². The molecule has 3 heterocycles. The Morgan fingerprint density at radius 2 is 2.07 bits per heavy atom. The van der Waals surface area contributed by atoms with E-state index in [4.69, 9.17) is 14.9 Å². The predicted molar refractivity (Wildman–Crippen MR) is 112 cm³/mol. The van der Waals surface area contributed by atoms with Gasteiger partial charge in [-0.15, -0.1) is 0 Å². The molecule has 1 radical (unpaired) electrons. The monoisotopic (exact) mass is 427 g/mol. The zero-order valence-corrected chi connectivity index (χ0v) is 17.6. The molecule has 3 aromatic rings. The maximum atomic E-state index is 11.7. The fourth-order valence-electron chi connectivity index (χ4n) is 3.83. The van der Waals surface area contributed by atoms with E-state index < -0.39 is 10.0 Å². The van der Waals surface area contributed by atoms with Crippen LogP contribution in [0.4, 0.5) is 0 Å². The van der Waals surface area contributed by atoms with Crippen LogP contribution in [0, 0.1) is 13.8 Å². The Balaban J connectivity index is 1.81. The summed E-state index contributed by atoms with van der Waals surface area (Å²) in [4.78, 5) is 17.6. The highest BCUT2D eigenvalue weighted by Gasteiger charge is 2.25. The normalized spacial score (nSPS) is 17.4. The Morgan fingerprint density at radius 3 is 2.77 bits per heavy atom. The molecule has 1 saturated heterocycles. The van der Waals surface area contributed by atoms with E-state index >= 15 is 0 Å². The average Bonchev–Trinajstić information content (AvgIpc) is 3.04. The van der Waals surface area contributed by atoms with Crippen molar-refractivity contribution in [2.75, 3.05) is 19.7 Å². The Labute approximate surface area is 175 Å². The maximum absolute atomic E-state index is 11.7. The summed E-state index contributed by atoms with van der Waals surface area (Å²) in [5.41, 5.74) is 5.17. The number of aromatic nitrogens is 2. The van der Waals surface area contributed by atoms with Gasteiger partial charge in [0.2, 0.25) is 10.0 Å². The van der Waals surface area contributed by atoms with Gasteiger partial charge >= 0.3 is 6.41 Å². The molecule has 1 aromatic carbocycles. The largest absolute Gasteiger partial charge is 0.374 e. The molecule has 1 aliphatic heterocycles. The van der Waals surface area contributed by atoms with Gasteiger partial charge in [-0.25, -0.2) is 18.5 Å².